The van der Waals surface area contributed by atoms with E-state index < -0.39 is 0 Å². The summed E-state index contributed by atoms with van der Waals surface area (Å²) in [7, 11) is 0. The van der Waals surface area contributed by atoms with Crippen molar-refractivity contribution in [3.05, 3.63) is 59.8 Å². The van der Waals surface area contributed by atoms with Gasteiger partial charge < -0.3 is 10.2 Å². The molecule has 3 N–H and O–H groups in total. The molecule has 5 nitrogen and oxygen atoms in total. The molecule has 0 saturated carbocycles. The van der Waals surface area contributed by atoms with E-state index in [4.69, 9.17) is 15.6 Å². The maximum Gasteiger partial charge on any atom is 0.139 e. The Morgan fingerprint density at radius 2 is 2.19 bits per heavy atom. The summed E-state index contributed by atoms with van der Waals surface area (Å²) >= 11 is 0. The molecule has 6 heteroatoms. The van der Waals surface area contributed by atoms with Gasteiger partial charge in [0.15, 0.2) is 0 Å². The largest absolute Gasteiger partial charge is 0.467 e. The maximum atomic E-state index is 13.8. The second-order valence-corrected chi connectivity index (χ2v) is 4.88. The van der Waals surface area contributed by atoms with Gasteiger partial charge in [-0.1, -0.05) is 18.2 Å². The topological polar surface area (TPSA) is 78.6 Å². The van der Waals surface area contributed by atoms with Gasteiger partial charge in [-0.25, -0.2) is 4.39 Å². The molecule has 108 valence electrons. The highest BCUT2D eigenvalue weighted by Crippen LogP contribution is 2.32. The lowest BCUT2D eigenvalue weighted by Gasteiger charge is -2.22. The number of furan rings is 1. The Labute approximate surface area is 121 Å². The van der Waals surface area contributed by atoms with Crippen LogP contribution in [0, 0.1) is 11.2 Å². The molecular weight excluding hydrogens is 271 g/mol. The van der Waals surface area contributed by atoms with E-state index in [0.29, 0.717) is 24.2 Å². The summed E-state index contributed by atoms with van der Waals surface area (Å²) in [6.07, 6.45) is 2.07. The Morgan fingerprint density at radius 3 is 2.86 bits per heavy atom. The summed E-state index contributed by atoms with van der Waals surface area (Å²) in [6, 6.07) is 10.0. The van der Waals surface area contributed by atoms with Gasteiger partial charge in [-0.15, -0.1) is 0 Å². The van der Waals surface area contributed by atoms with Crippen LogP contribution in [-0.4, -0.2) is 16.6 Å². The average Bonchev–Trinajstić information content (AvgIpc) is 3.10. The Bertz CT molecular complexity index is 681. The predicted octanol–water partition coefficient (Wildman–Crippen LogP) is 2.66. The van der Waals surface area contributed by atoms with E-state index in [1.165, 1.54) is 6.07 Å². The lowest BCUT2D eigenvalue weighted by atomic mass is 10.1. The van der Waals surface area contributed by atoms with Gasteiger partial charge in [0, 0.05) is 12.0 Å². The first-order valence-electron chi connectivity index (χ1n) is 6.60. The summed E-state index contributed by atoms with van der Waals surface area (Å²) in [4.78, 5) is 0. The molecule has 3 rings (SSSR count). The van der Waals surface area contributed by atoms with E-state index in [2.05, 4.69) is 5.10 Å². The maximum absolute atomic E-state index is 13.8. The molecule has 1 aromatic heterocycles. The van der Waals surface area contributed by atoms with Crippen molar-refractivity contribution in [3.63, 3.8) is 0 Å². The van der Waals surface area contributed by atoms with Crippen LogP contribution in [0.4, 0.5) is 4.39 Å². The number of nitrogens with two attached hydrogens (primary N) is 1. The molecule has 1 aliphatic heterocycles. The van der Waals surface area contributed by atoms with Crippen LogP contribution in [0.25, 0.3) is 0 Å². The van der Waals surface area contributed by atoms with Crippen LogP contribution in [0.2, 0.25) is 0 Å². The molecule has 1 aromatic carbocycles. The molecule has 0 fully saturated rings. The van der Waals surface area contributed by atoms with Crippen LogP contribution in [0.3, 0.4) is 0 Å². The van der Waals surface area contributed by atoms with Crippen LogP contribution in [0.15, 0.2) is 52.2 Å². The van der Waals surface area contributed by atoms with Gasteiger partial charge >= 0.3 is 0 Å². The summed E-state index contributed by atoms with van der Waals surface area (Å²) in [6.45, 7) is 0.300. The van der Waals surface area contributed by atoms with Gasteiger partial charge in [0.2, 0.25) is 0 Å². The standard InChI is InChI=1S/C15H15FN4O/c16-11-5-2-1-4-10(11)9-20-13(14-6-3-7-21-14)8-12(19-20)15(17)18/h1-7,13H,8-9H2,(H3,17,18). The van der Waals surface area contributed by atoms with E-state index in [1.807, 2.05) is 6.07 Å². The molecule has 2 aromatic rings. The van der Waals surface area contributed by atoms with Crippen molar-refractivity contribution in [1.82, 2.24) is 5.01 Å². The van der Waals surface area contributed by atoms with Crippen LogP contribution in [0.1, 0.15) is 23.8 Å². The third-order valence-corrected chi connectivity index (χ3v) is 3.47. The first-order chi connectivity index (χ1) is 10.1. The van der Waals surface area contributed by atoms with Gasteiger partial charge in [-0.2, -0.15) is 5.10 Å². The molecular formula is C15H15FN4O. The zero-order valence-electron chi connectivity index (χ0n) is 11.3. The first kappa shape index (κ1) is 13.4. The number of amidine groups is 1. The van der Waals surface area contributed by atoms with E-state index in [9.17, 15) is 4.39 Å². The molecule has 0 radical (unpaired) electrons. The molecule has 1 unspecified atom stereocenters. The van der Waals surface area contributed by atoms with Crippen molar-refractivity contribution in [2.45, 2.75) is 19.0 Å². The van der Waals surface area contributed by atoms with E-state index in [0.717, 1.165) is 5.76 Å². The average molecular weight is 286 g/mol. The Morgan fingerprint density at radius 1 is 1.38 bits per heavy atom. The molecule has 0 spiro atoms. The highest BCUT2D eigenvalue weighted by atomic mass is 19.1. The van der Waals surface area contributed by atoms with Crippen LogP contribution in [0.5, 0.6) is 0 Å². The van der Waals surface area contributed by atoms with Gasteiger partial charge in [0.25, 0.3) is 0 Å². The smallest absolute Gasteiger partial charge is 0.139 e. The van der Waals surface area contributed by atoms with Crippen molar-refractivity contribution in [1.29, 1.82) is 5.41 Å². The number of hydrogen-bond acceptors (Lipinski definition) is 4. The summed E-state index contributed by atoms with van der Waals surface area (Å²) in [5.41, 5.74) is 6.56. The SMILES string of the molecule is N=C(N)C1=NN(Cc2ccccc2F)C(c2ccco2)C1. The van der Waals surface area contributed by atoms with Crippen molar-refractivity contribution >= 4 is 11.5 Å². The first-order valence-corrected chi connectivity index (χ1v) is 6.60. The van der Waals surface area contributed by atoms with E-state index in [-0.39, 0.29) is 17.7 Å². The number of benzene rings is 1. The zero-order chi connectivity index (χ0) is 14.8. The summed E-state index contributed by atoms with van der Waals surface area (Å²) in [5.74, 6) is 0.385. The molecule has 0 saturated heterocycles. The summed E-state index contributed by atoms with van der Waals surface area (Å²) in [5, 5.41) is 13.6. The number of rotatable bonds is 4. The summed E-state index contributed by atoms with van der Waals surface area (Å²) < 4.78 is 19.2. The third kappa shape index (κ3) is 2.65. The second kappa shape index (κ2) is 5.40. The fourth-order valence-electron chi connectivity index (χ4n) is 2.39. The minimum absolute atomic E-state index is 0.0670. The number of hydrogen-bond donors (Lipinski definition) is 2. The lowest BCUT2D eigenvalue weighted by molar-refractivity contribution is 0.196. The Balaban J connectivity index is 1.89. The van der Waals surface area contributed by atoms with E-state index >= 15 is 0 Å². The van der Waals surface area contributed by atoms with Crippen molar-refractivity contribution in [2.24, 2.45) is 10.8 Å². The second-order valence-electron chi connectivity index (χ2n) is 4.88. The molecule has 21 heavy (non-hydrogen) atoms. The molecule has 0 amide bonds. The van der Waals surface area contributed by atoms with Crippen molar-refractivity contribution in [3.8, 4) is 0 Å². The normalized spacial score (nSPS) is 17.9. The molecule has 2 heterocycles. The van der Waals surface area contributed by atoms with Crippen LogP contribution >= 0.6 is 0 Å². The Hall–Kier alpha value is -2.63. The van der Waals surface area contributed by atoms with Crippen molar-refractivity contribution < 1.29 is 8.81 Å². The molecule has 1 atom stereocenters. The highest BCUT2D eigenvalue weighted by molar-refractivity contribution is 6.40. The van der Waals surface area contributed by atoms with Crippen LogP contribution < -0.4 is 5.73 Å². The van der Waals surface area contributed by atoms with Gasteiger partial charge in [-0.3, -0.25) is 10.4 Å². The number of nitrogens with one attached hydrogen (secondary N) is 1. The fourth-order valence-corrected chi connectivity index (χ4v) is 2.39. The van der Waals surface area contributed by atoms with E-state index in [1.54, 1.807) is 35.5 Å². The molecule has 0 bridgehead atoms. The fraction of sp³-hybridized carbons (Fsp3) is 0.200. The highest BCUT2D eigenvalue weighted by Gasteiger charge is 2.31. The number of nitrogens with zero attached hydrogens (tertiary/aromatic N) is 2. The van der Waals surface area contributed by atoms with Gasteiger partial charge in [-0.05, 0) is 18.2 Å². The molecule has 1 aliphatic rings. The van der Waals surface area contributed by atoms with Crippen LogP contribution in [-0.2, 0) is 6.54 Å². The minimum atomic E-state index is -0.276. The lowest BCUT2D eigenvalue weighted by Crippen LogP contribution is -2.21. The zero-order valence-corrected chi connectivity index (χ0v) is 11.3. The minimum Gasteiger partial charge on any atom is -0.467 e. The quantitative estimate of drug-likeness (QED) is 0.670. The van der Waals surface area contributed by atoms with Crippen molar-refractivity contribution in [2.75, 3.05) is 0 Å². The third-order valence-electron chi connectivity index (χ3n) is 3.47. The van der Waals surface area contributed by atoms with Gasteiger partial charge in [0.1, 0.15) is 29.2 Å². The number of hydrazone groups is 1. The van der Waals surface area contributed by atoms with Gasteiger partial charge in [0.05, 0.1) is 12.8 Å². The number of halogens is 1. The molecule has 0 aliphatic carbocycles. The monoisotopic (exact) mass is 286 g/mol. The Kier molecular flexibility index (Phi) is 3.43. The predicted molar refractivity (Wildman–Crippen MR) is 77.4 cm³/mol.